The van der Waals surface area contributed by atoms with Gasteiger partial charge in [-0.2, -0.15) is 0 Å². The number of hydrogen-bond acceptors (Lipinski definition) is 5. The van der Waals surface area contributed by atoms with E-state index in [0.29, 0.717) is 6.04 Å². The summed E-state index contributed by atoms with van der Waals surface area (Å²) < 4.78 is 2.19. The van der Waals surface area contributed by atoms with E-state index in [1.165, 1.54) is 16.8 Å². The monoisotopic (exact) mass is 396 g/mol. The van der Waals surface area contributed by atoms with E-state index in [9.17, 15) is 5.11 Å². The van der Waals surface area contributed by atoms with Crippen molar-refractivity contribution in [2.24, 2.45) is 0 Å². The minimum Gasteiger partial charge on any atom is -0.396 e. The van der Waals surface area contributed by atoms with E-state index in [4.69, 9.17) is 0 Å². The molecule has 0 saturated carbocycles. The van der Waals surface area contributed by atoms with Gasteiger partial charge in [-0.05, 0) is 36.6 Å². The van der Waals surface area contributed by atoms with Crippen LogP contribution in [-0.4, -0.2) is 56.7 Å². The summed E-state index contributed by atoms with van der Waals surface area (Å²) in [6.07, 6.45) is 4.76. The number of hydrogen-bond donors (Lipinski definition) is 1. The highest BCUT2D eigenvalue weighted by Gasteiger charge is 2.27. The lowest BCUT2D eigenvalue weighted by Gasteiger charge is -2.41. The van der Waals surface area contributed by atoms with E-state index in [-0.39, 0.29) is 6.61 Å². The van der Waals surface area contributed by atoms with Crippen molar-refractivity contribution in [3.8, 4) is 5.13 Å². The third-order valence-corrected chi connectivity index (χ3v) is 6.40. The van der Waals surface area contributed by atoms with Gasteiger partial charge in [0.2, 0.25) is 0 Å². The van der Waals surface area contributed by atoms with Crippen molar-refractivity contribution in [1.82, 2.24) is 19.4 Å². The number of rotatable bonds is 7. The summed E-state index contributed by atoms with van der Waals surface area (Å²) in [6.45, 7) is 7.33. The smallest absolute Gasteiger partial charge is 0.193 e. The Hall–Kier alpha value is -1.99. The van der Waals surface area contributed by atoms with Gasteiger partial charge in [0.1, 0.15) is 0 Å². The van der Waals surface area contributed by atoms with Crippen LogP contribution >= 0.6 is 11.3 Å². The first-order valence-corrected chi connectivity index (χ1v) is 10.8. The summed E-state index contributed by atoms with van der Waals surface area (Å²) in [5, 5.41) is 12.6. The van der Waals surface area contributed by atoms with E-state index in [0.717, 1.165) is 44.3 Å². The lowest BCUT2D eigenvalue weighted by atomic mass is 10.0. The molecule has 0 radical (unpaired) electrons. The third-order valence-electron chi connectivity index (χ3n) is 5.63. The molecule has 2 aromatic heterocycles. The molecule has 148 valence electrons. The van der Waals surface area contributed by atoms with E-state index < -0.39 is 0 Å². The normalized spacial score (nSPS) is 18.6. The number of aryl methyl sites for hydroxylation is 1. The highest BCUT2D eigenvalue weighted by Crippen LogP contribution is 2.21. The Labute approximate surface area is 170 Å². The predicted octanol–water partition coefficient (Wildman–Crippen LogP) is 3.31. The molecule has 1 fully saturated rings. The Morgan fingerprint density at radius 3 is 2.82 bits per heavy atom. The molecular formula is C22H28N4OS. The van der Waals surface area contributed by atoms with Crippen LogP contribution in [-0.2, 0) is 13.1 Å². The van der Waals surface area contributed by atoms with Gasteiger partial charge in [0.25, 0.3) is 0 Å². The van der Waals surface area contributed by atoms with Crippen LogP contribution < -0.4 is 0 Å². The minimum atomic E-state index is 0.234. The van der Waals surface area contributed by atoms with Gasteiger partial charge in [0.05, 0.1) is 0 Å². The first kappa shape index (κ1) is 19.3. The molecule has 4 rings (SSSR count). The van der Waals surface area contributed by atoms with E-state index in [1.807, 2.05) is 11.6 Å². The Morgan fingerprint density at radius 2 is 2.04 bits per heavy atom. The highest BCUT2D eigenvalue weighted by atomic mass is 32.1. The molecule has 1 aliphatic heterocycles. The maximum atomic E-state index is 9.61. The zero-order chi connectivity index (χ0) is 19.3. The van der Waals surface area contributed by atoms with Crippen molar-refractivity contribution < 1.29 is 5.11 Å². The number of aliphatic hydroxyl groups is 1. The van der Waals surface area contributed by atoms with Crippen molar-refractivity contribution in [1.29, 1.82) is 0 Å². The van der Waals surface area contributed by atoms with Crippen LogP contribution in [0.25, 0.3) is 5.13 Å². The van der Waals surface area contributed by atoms with Crippen LogP contribution in [0.1, 0.15) is 23.2 Å². The summed E-state index contributed by atoms with van der Waals surface area (Å²) in [5.74, 6) is 0. The summed E-state index contributed by atoms with van der Waals surface area (Å²) in [5.41, 5.74) is 4.00. The Morgan fingerprint density at radius 1 is 1.14 bits per heavy atom. The molecule has 6 heteroatoms. The summed E-state index contributed by atoms with van der Waals surface area (Å²) in [7, 11) is 0. The van der Waals surface area contributed by atoms with Crippen molar-refractivity contribution >= 4 is 11.3 Å². The van der Waals surface area contributed by atoms with Crippen LogP contribution in [0, 0.1) is 6.92 Å². The Bertz CT molecular complexity index is 876. The van der Waals surface area contributed by atoms with Crippen LogP contribution in [0.3, 0.4) is 0 Å². The fraction of sp³-hybridized carbons (Fsp3) is 0.409. The first-order chi connectivity index (χ1) is 13.7. The summed E-state index contributed by atoms with van der Waals surface area (Å²) in [4.78, 5) is 9.49. The minimum absolute atomic E-state index is 0.234. The molecule has 1 N–H and O–H groups in total. The lowest BCUT2D eigenvalue weighted by molar-refractivity contribution is 0.0491. The number of benzene rings is 1. The van der Waals surface area contributed by atoms with Crippen LogP contribution in [0.4, 0.5) is 0 Å². The molecule has 3 heterocycles. The molecule has 28 heavy (non-hydrogen) atoms. The standard InChI is InChI=1S/C22H28N4OS/c1-18-5-2-3-6-19(18)15-25-12-11-24(16-20(25)8-13-27)17-21-7-4-10-26(21)22-23-9-14-28-22/h2-7,9-10,14,20,27H,8,11-13,15-17H2,1H3/t20-/m0/s1. The van der Waals surface area contributed by atoms with Crippen molar-refractivity contribution in [2.45, 2.75) is 32.5 Å². The zero-order valence-corrected chi connectivity index (χ0v) is 17.2. The summed E-state index contributed by atoms with van der Waals surface area (Å²) in [6, 6.07) is 13.3. The predicted molar refractivity (Wildman–Crippen MR) is 114 cm³/mol. The van der Waals surface area contributed by atoms with Gasteiger partial charge < -0.3 is 5.11 Å². The second-order valence-electron chi connectivity index (χ2n) is 7.48. The fourth-order valence-electron chi connectivity index (χ4n) is 4.03. The Kier molecular flexibility index (Phi) is 6.22. The topological polar surface area (TPSA) is 44.5 Å². The van der Waals surface area contributed by atoms with Crippen molar-refractivity contribution in [2.75, 3.05) is 26.2 Å². The molecule has 3 aromatic rings. The van der Waals surface area contributed by atoms with Gasteiger partial charge in [-0.3, -0.25) is 14.4 Å². The second-order valence-corrected chi connectivity index (χ2v) is 8.36. The third kappa shape index (κ3) is 4.36. The van der Waals surface area contributed by atoms with Crippen LogP contribution in [0.2, 0.25) is 0 Å². The number of aliphatic hydroxyl groups excluding tert-OH is 1. The molecular weight excluding hydrogens is 368 g/mol. The van der Waals surface area contributed by atoms with Gasteiger partial charge in [-0.25, -0.2) is 4.98 Å². The molecule has 0 spiro atoms. The fourth-order valence-corrected chi connectivity index (χ4v) is 4.69. The molecule has 1 aromatic carbocycles. The molecule has 0 aliphatic carbocycles. The van der Waals surface area contributed by atoms with Gasteiger partial charge in [0, 0.05) is 68.8 Å². The second kappa shape index (κ2) is 9.01. The number of piperazine rings is 1. The van der Waals surface area contributed by atoms with Gasteiger partial charge in [-0.1, -0.05) is 24.3 Å². The average Bonchev–Trinajstić information content (AvgIpc) is 3.37. The SMILES string of the molecule is Cc1ccccc1CN1CCN(Cc2cccn2-c2nccs2)C[C@@H]1CCO. The quantitative estimate of drug-likeness (QED) is 0.665. The molecule has 0 amide bonds. The molecule has 1 saturated heterocycles. The average molecular weight is 397 g/mol. The van der Waals surface area contributed by atoms with E-state index >= 15 is 0 Å². The molecule has 1 atom stereocenters. The number of aromatic nitrogens is 2. The summed E-state index contributed by atoms with van der Waals surface area (Å²) >= 11 is 1.66. The largest absolute Gasteiger partial charge is 0.396 e. The van der Waals surface area contributed by atoms with Crippen molar-refractivity contribution in [3.63, 3.8) is 0 Å². The Balaban J connectivity index is 1.44. The number of nitrogens with zero attached hydrogens (tertiary/aromatic N) is 4. The molecule has 0 bridgehead atoms. The molecule has 5 nitrogen and oxygen atoms in total. The van der Waals surface area contributed by atoms with E-state index in [2.05, 4.69) is 68.9 Å². The maximum absolute atomic E-state index is 9.61. The lowest BCUT2D eigenvalue weighted by Crippen LogP contribution is -2.52. The van der Waals surface area contributed by atoms with Gasteiger partial charge in [-0.15, -0.1) is 11.3 Å². The molecule has 0 unspecified atom stereocenters. The van der Waals surface area contributed by atoms with Gasteiger partial charge >= 0.3 is 0 Å². The highest BCUT2D eigenvalue weighted by molar-refractivity contribution is 7.12. The number of thiazole rings is 1. The van der Waals surface area contributed by atoms with Crippen LogP contribution in [0.5, 0.6) is 0 Å². The molecule has 1 aliphatic rings. The van der Waals surface area contributed by atoms with Crippen LogP contribution in [0.15, 0.2) is 54.2 Å². The van der Waals surface area contributed by atoms with E-state index in [1.54, 1.807) is 11.3 Å². The zero-order valence-electron chi connectivity index (χ0n) is 16.4. The maximum Gasteiger partial charge on any atom is 0.193 e. The first-order valence-electron chi connectivity index (χ1n) is 9.92. The van der Waals surface area contributed by atoms with Crippen molar-refractivity contribution in [3.05, 3.63) is 71.0 Å². The van der Waals surface area contributed by atoms with Gasteiger partial charge in [0.15, 0.2) is 5.13 Å².